The molecule has 2 heterocycles. The van der Waals surface area contributed by atoms with Crippen LogP contribution >= 0.6 is 0 Å². The van der Waals surface area contributed by atoms with Crippen LogP contribution < -0.4 is 0 Å². The van der Waals surface area contributed by atoms with Crippen LogP contribution in [0.25, 0.3) is 0 Å². The number of aryl methyl sites for hydroxylation is 1. The first-order chi connectivity index (χ1) is 11.4. The number of rotatable bonds is 7. The third kappa shape index (κ3) is 3.77. The van der Waals surface area contributed by atoms with Crippen LogP contribution in [0.5, 0.6) is 0 Å². The molecule has 0 aromatic carbocycles. The molecule has 1 N–H and O–H groups in total. The van der Waals surface area contributed by atoms with Crippen molar-refractivity contribution < 1.29 is 19.4 Å². The molecule has 7 heteroatoms. The Morgan fingerprint density at radius 1 is 1.42 bits per heavy atom. The molecule has 1 fully saturated rings. The Bertz CT molecular complexity index is 599. The Morgan fingerprint density at radius 2 is 2.17 bits per heavy atom. The van der Waals surface area contributed by atoms with Gasteiger partial charge in [-0.1, -0.05) is 6.92 Å². The standard InChI is InChI=1S/C17H27N3O4/c1-4-17(16(22)23)7-6-8-19(12-17)15(21)14-11-13(3)18-20(14)9-10-24-5-2/h11H,4-10,12H2,1-3H3,(H,22,23)/t17-/m1/s1. The predicted molar refractivity (Wildman–Crippen MR) is 89.0 cm³/mol. The zero-order valence-electron chi connectivity index (χ0n) is 14.7. The van der Waals surface area contributed by atoms with Crippen molar-refractivity contribution in [2.45, 2.75) is 46.6 Å². The van der Waals surface area contributed by atoms with E-state index >= 15 is 0 Å². The van der Waals surface area contributed by atoms with Crippen molar-refractivity contribution in [3.05, 3.63) is 17.5 Å². The molecule has 0 bridgehead atoms. The number of carbonyl (C=O) groups excluding carboxylic acids is 1. The molecular weight excluding hydrogens is 310 g/mol. The minimum Gasteiger partial charge on any atom is -0.481 e. The van der Waals surface area contributed by atoms with E-state index in [1.807, 2.05) is 20.8 Å². The summed E-state index contributed by atoms with van der Waals surface area (Å²) in [4.78, 5) is 26.3. The van der Waals surface area contributed by atoms with Gasteiger partial charge < -0.3 is 14.7 Å². The van der Waals surface area contributed by atoms with Gasteiger partial charge in [0.05, 0.1) is 24.3 Å². The van der Waals surface area contributed by atoms with E-state index in [-0.39, 0.29) is 12.5 Å². The number of ether oxygens (including phenoxy) is 1. The smallest absolute Gasteiger partial charge is 0.311 e. The van der Waals surface area contributed by atoms with E-state index in [2.05, 4.69) is 5.10 Å². The summed E-state index contributed by atoms with van der Waals surface area (Å²) in [5.41, 5.74) is 0.440. The number of aliphatic carboxylic acids is 1. The number of carboxylic acids is 1. The molecule has 0 aliphatic carbocycles. The lowest BCUT2D eigenvalue weighted by atomic mass is 9.77. The number of carboxylic acid groups (broad SMARTS) is 1. The monoisotopic (exact) mass is 337 g/mol. The summed E-state index contributed by atoms with van der Waals surface area (Å²) in [5.74, 6) is -0.964. The second-order valence-electron chi connectivity index (χ2n) is 6.36. The quantitative estimate of drug-likeness (QED) is 0.769. The van der Waals surface area contributed by atoms with E-state index in [1.54, 1.807) is 15.6 Å². The second kappa shape index (κ2) is 7.79. The van der Waals surface area contributed by atoms with E-state index < -0.39 is 11.4 Å². The molecule has 0 saturated carbocycles. The summed E-state index contributed by atoms with van der Waals surface area (Å²) in [6.07, 6.45) is 1.85. The van der Waals surface area contributed by atoms with Gasteiger partial charge in [0.15, 0.2) is 0 Å². The zero-order valence-corrected chi connectivity index (χ0v) is 14.7. The SMILES string of the molecule is CCOCCn1nc(C)cc1C(=O)N1CCC[C@@](CC)(C(=O)O)C1. The normalized spacial score (nSPS) is 21.0. The number of nitrogens with zero attached hydrogens (tertiary/aromatic N) is 3. The first kappa shape index (κ1) is 18.4. The summed E-state index contributed by atoms with van der Waals surface area (Å²) in [6.45, 7) is 8.10. The van der Waals surface area contributed by atoms with Crippen molar-refractivity contribution in [3.8, 4) is 0 Å². The zero-order chi connectivity index (χ0) is 17.7. The average Bonchev–Trinajstić information content (AvgIpc) is 2.95. The first-order valence-corrected chi connectivity index (χ1v) is 8.58. The van der Waals surface area contributed by atoms with Crippen LogP contribution in [0, 0.1) is 12.3 Å². The van der Waals surface area contributed by atoms with Crippen LogP contribution in [-0.2, 0) is 16.1 Å². The van der Waals surface area contributed by atoms with Crippen LogP contribution in [0.3, 0.4) is 0 Å². The predicted octanol–water partition coefficient (Wildman–Crippen LogP) is 1.95. The molecule has 0 spiro atoms. The first-order valence-electron chi connectivity index (χ1n) is 8.58. The molecule has 1 aliphatic rings. The molecule has 1 atom stereocenters. The van der Waals surface area contributed by atoms with Crippen molar-refractivity contribution in [3.63, 3.8) is 0 Å². The van der Waals surface area contributed by atoms with Gasteiger partial charge in [-0.15, -0.1) is 0 Å². The number of carbonyl (C=O) groups is 2. The highest BCUT2D eigenvalue weighted by molar-refractivity contribution is 5.93. The third-order valence-corrected chi connectivity index (χ3v) is 4.77. The number of aromatic nitrogens is 2. The van der Waals surface area contributed by atoms with E-state index in [9.17, 15) is 14.7 Å². The van der Waals surface area contributed by atoms with E-state index in [0.717, 1.165) is 5.69 Å². The van der Waals surface area contributed by atoms with Gasteiger partial charge >= 0.3 is 5.97 Å². The Labute approximate surface area is 142 Å². The molecule has 1 aliphatic heterocycles. The Balaban J connectivity index is 2.17. The molecule has 2 rings (SSSR count). The summed E-state index contributed by atoms with van der Waals surface area (Å²) in [5, 5.41) is 14.0. The summed E-state index contributed by atoms with van der Waals surface area (Å²) in [7, 11) is 0. The van der Waals surface area contributed by atoms with Crippen LogP contribution in [0.4, 0.5) is 0 Å². The molecule has 1 amide bonds. The van der Waals surface area contributed by atoms with E-state index in [1.165, 1.54) is 0 Å². The maximum absolute atomic E-state index is 12.9. The number of likely N-dealkylation sites (tertiary alicyclic amines) is 1. The van der Waals surface area contributed by atoms with Crippen molar-refractivity contribution in [2.75, 3.05) is 26.3 Å². The summed E-state index contributed by atoms with van der Waals surface area (Å²) >= 11 is 0. The molecule has 7 nitrogen and oxygen atoms in total. The van der Waals surface area contributed by atoms with Crippen LogP contribution in [-0.4, -0.2) is 58.0 Å². The fourth-order valence-corrected chi connectivity index (χ4v) is 3.26. The lowest BCUT2D eigenvalue weighted by Crippen LogP contribution is -2.50. The Hall–Kier alpha value is -1.89. The minimum absolute atomic E-state index is 0.147. The summed E-state index contributed by atoms with van der Waals surface area (Å²) in [6, 6.07) is 1.76. The number of hydrogen-bond acceptors (Lipinski definition) is 4. The van der Waals surface area contributed by atoms with Gasteiger partial charge in [-0.2, -0.15) is 5.10 Å². The Morgan fingerprint density at radius 3 is 2.79 bits per heavy atom. The maximum atomic E-state index is 12.9. The molecule has 134 valence electrons. The minimum atomic E-state index is -0.834. The van der Waals surface area contributed by atoms with Crippen LogP contribution in [0.1, 0.15) is 49.3 Å². The molecule has 1 saturated heterocycles. The van der Waals surface area contributed by atoms with Gasteiger partial charge in [-0.25, -0.2) is 0 Å². The van der Waals surface area contributed by atoms with E-state index in [4.69, 9.17) is 4.74 Å². The highest BCUT2D eigenvalue weighted by Crippen LogP contribution is 2.34. The largest absolute Gasteiger partial charge is 0.481 e. The van der Waals surface area contributed by atoms with Crippen molar-refractivity contribution >= 4 is 11.9 Å². The molecule has 0 radical (unpaired) electrons. The van der Waals surface area contributed by atoms with Crippen LogP contribution in [0.2, 0.25) is 0 Å². The summed E-state index contributed by atoms with van der Waals surface area (Å²) < 4.78 is 7.01. The molecule has 1 aromatic rings. The van der Waals surface area contributed by atoms with Gasteiger partial charge in [-0.05, 0) is 39.2 Å². The molecule has 0 unspecified atom stereocenters. The highest BCUT2D eigenvalue weighted by atomic mass is 16.5. The Kier molecular flexibility index (Phi) is 5.99. The number of piperidine rings is 1. The number of hydrogen-bond donors (Lipinski definition) is 1. The van der Waals surface area contributed by atoms with Crippen molar-refractivity contribution in [1.82, 2.24) is 14.7 Å². The van der Waals surface area contributed by atoms with Crippen molar-refractivity contribution in [2.24, 2.45) is 5.41 Å². The van der Waals surface area contributed by atoms with Crippen LogP contribution in [0.15, 0.2) is 6.07 Å². The number of amides is 1. The van der Waals surface area contributed by atoms with Gasteiger partial charge in [0.25, 0.3) is 5.91 Å². The lowest BCUT2D eigenvalue weighted by Gasteiger charge is -2.39. The average molecular weight is 337 g/mol. The highest BCUT2D eigenvalue weighted by Gasteiger charge is 2.42. The van der Waals surface area contributed by atoms with Gasteiger partial charge in [-0.3, -0.25) is 14.3 Å². The molecular formula is C17H27N3O4. The fraction of sp³-hybridized carbons (Fsp3) is 0.706. The van der Waals surface area contributed by atoms with Gasteiger partial charge in [0.2, 0.25) is 0 Å². The fourth-order valence-electron chi connectivity index (χ4n) is 3.26. The molecule has 24 heavy (non-hydrogen) atoms. The second-order valence-corrected chi connectivity index (χ2v) is 6.36. The van der Waals surface area contributed by atoms with Gasteiger partial charge in [0, 0.05) is 19.7 Å². The third-order valence-electron chi connectivity index (χ3n) is 4.77. The van der Waals surface area contributed by atoms with Gasteiger partial charge in [0.1, 0.15) is 5.69 Å². The maximum Gasteiger partial charge on any atom is 0.311 e. The topological polar surface area (TPSA) is 84.7 Å². The van der Waals surface area contributed by atoms with Crippen molar-refractivity contribution in [1.29, 1.82) is 0 Å². The molecule has 1 aromatic heterocycles. The lowest BCUT2D eigenvalue weighted by molar-refractivity contribution is -0.152. The van der Waals surface area contributed by atoms with E-state index in [0.29, 0.717) is 51.3 Å².